The molecule has 0 aromatic heterocycles. The van der Waals surface area contributed by atoms with E-state index >= 15 is 0 Å². The maximum atomic E-state index is 11.2. The molecule has 0 spiro atoms. The molecule has 0 saturated heterocycles. The summed E-state index contributed by atoms with van der Waals surface area (Å²) in [5, 5.41) is 9.22. The van der Waals surface area contributed by atoms with Crippen molar-refractivity contribution in [3.05, 3.63) is 0 Å². The van der Waals surface area contributed by atoms with E-state index in [1.54, 1.807) is 0 Å². The Balaban J connectivity index is 2.55. The standard InChI is InChI=1S/C8H13AtO2/c1-8(7(9)11)4-2-6(10)3-5-8/h6,10H,2-5H2,1H3. The molecule has 2 nitrogen and oxygen atoms in total. The zero-order valence-corrected chi connectivity index (χ0v) is 9.58. The van der Waals surface area contributed by atoms with E-state index in [1.807, 2.05) is 6.92 Å². The van der Waals surface area contributed by atoms with Crippen LogP contribution in [-0.2, 0) is 4.79 Å². The second-order valence-electron chi connectivity index (χ2n) is 3.57. The molecule has 1 aliphatic rings. The summed E-state index contributed by atoms with van der Waals surface area (Å²) in [6, 6.07) is 0. The van der Waals surface area contributed by atoms with Gasteiger partial charge in [0.1, 0.15) is 0 Å². The van der Waals surface area contributed by atoms with Crippen molar-refractivity contribution in [1.29, 1.82) is 0 Å². The molecule has 0 radical (unpaired) electrons. The van der Waals surface area contributed by atoms with Crippen LogP contribution >= 0.6 is 0 Å². The summed E-state index contributed by atoms with van der Waals surface area (Å²) in [7, 11) is 0. The maximum absolute atomic E-state index is 11.2. The number of carbonyl (C=O) groups is 1. The molecule has 0 bridgehead atoms. The van der Waals surface area contributed by atoms with E-state index in [9.17, 15) is 9.90 Å². The third-order valence-electron chi connectivity index (χ3n) is 2.53. The van der Waals surface area contributed by atoms with Gasteiger partial charge in [-0.2, -0.15) is 0 Å². The average molecular weight is 351 g/mol. The number of hydrogen-bond donors (Lipinski definition) is 1. The van der Waals surface area contributed by atoms with Gasteiger partial charge in [-0.3, -0.25) is 0 Å². The summed E-state index contributed by atoms with van der Waals surface area (Å²) in [5.74, 6) is 0. The van der Waals surface area contributed by atoms with Gasteiger partial charge in [0.05, 0.1) is 0 Å². The Hall–Kier alpha value is 0.513. The summed E-state index contributed by atoms with van der Waals surface area (Å²) in [6.07, 6.45) is 3.16. The molecule has 64 valence electrons. The van der Waals surface area contributed by atoms with Gasteiger partial charge < -0.3 is 0 Å². The Morgan fingerprint density at radius 3 is 2.36 bits per heavy atom. The Labute approximate surface area is 82.2 Å². The first-order valence-electron chi connectivity index (χ1n) is 3.92. The van der Waals surface area contributed by atoms with Crippen molar-refractivity contribution in [3.8, 4) is 0 Å². The zero-order valence-electron chi connectivity index (χ0n) is 6.64. The summed E-state index contributed by atoms with van der Waals surface area (Å²) >= 11 is 1.25. The van der Waals surface area contributed by atoms with Gasteiger partial charge in [0.15, 0.2) is 0 Å². The van der Waals surface area contributed by atoms with Crippen LogP contribution in [0.25, 0.3) is 0 Å². The van der Waals surface area contributed by atoms with Crippen LogP contribution in [0.2, 0.25) is 0 Å². The second kappa shape index (κ2) is 3.49. The van der Waals surface area contributed by atoms with E-state index in [4.69, 9.17) is 0 Å². The van der Waals surface area contributed by atoms with Gasteiger partial charge in [-0.1, -0.05) is 0 Å². The Kier molecular flexibility index (Phi) is 3.05. The van der Waals surface area contributed by atoms with Crippen LogP contribution in [0.5, 0.6) is 0 Å². The van der Waals surface area contributed by atoms with Crippen molar-refractivity contribution in [3.63, 3.8) is 0 Å². The van der Waals surface area contributed by atoms with E-state index in [0.717, 1.165) is 25.7 Å². The van der Waals surface area contributed by atoms with Gasteiger partial charge >= 0.3 is 82.2 Å². The number of hydrogen-bond acceptors (Lipinski definition) is 2. The molecular formula is C8H13AtO2. The van der Waals surface area contributed by atoms with Crippen LogP contribution in [0.1, 0.15) is 32.6 Å². The summed E-state index contributed by atoms with van der Waals surface area (Å²) in [6.45, 7) is 2.02. The molecule has 1 rings (SSSR count). The minimum absolute atomic E-state index is 0.115. The van der Waals surface area contributed by atoms with Crippen molar-refractivity contribution in [2.24, 2.45) is 5.41 Å². The van der Waals surface area contributed by atoms with Crippen molar-refractivity contribution < 1.29 is 34.6 Å². The average Bonchev–Trinajstić information content (AvgIpc) is 1.95. The summed E-state index contributed by atoms with van der Waals surface area (Å²) in [4.78, 5) is 11.2. The molecule has 0 aromatic rings. The third kappa shape index (κ3) is 2.22. The van der Waals surface area contributed by atoms with E-state index in [0.29, 0.717) is 3.49 Å². The monoisotopic (exact) mass is 351 g/mol. The molecule has 1 saturated carbocycles. The topological polar surface area (TPSA) is 37.3 Å². The Morgan fingerprint density at radius 2 is 2.00 bits per heavy atom. The number of rotatable bonds is 1. The Morgan fingerprint density at radius 1 is 1.55 bits per heavy atom. The van der Waals surface area contributed by atoms with Gasteiger partial charge in [0, 0.05) is 0 Å². The van der Waals surface area contributed by atoms with Gasteiger partial charge in [-0.25, -0.2) is 0 Å². The van der Waals surface area contributed by atoms with Crippen LogP contribution in [0.15, 0.2) is 0 Å². The second-order valence-corrected chi connectivity index (χ2v) is 4.90. The predicted octanol–water partition coefficient (Wildman–Crippen LogP) is 1.00. The molecule has 0 atom stereocenters. The molecular weight excluding hydrogens is 338 g/mol. The van der Waals surface area contributed by atoms with Crippen LogP contribution in [0.4, 0.5) is 0 Å². The SMILES string of the molecule is CC1(C(=O)[At])CCC(O)CC1. The van der Waals surface area contributed by atoms with E-state index < -0.39 is 0 Å². The molecule has 1 N–H and O–H groups in total. The van der Waals surface area contributed by atoms with Crippen LogP contribution in [0, 0.1) is 30.1 Å². The van der Waals surface area contributed by atoms with E-state index in [1.165, 1.54) is 24.7 Å². The van der Waals surface area contributed by atoms with Gasteiger partial charge in [0.2, 0.25) is 0 Å². The molecule has 11 heavy (non-hydrogen) atoms. The van der Waals surface area contributed by atoms with Crippen LogP contribution in [0.3, 0.4) is 0 Å². The van der Waals surface area contributed by atoms with E-state index in [2.05, 4.69) is 0 Å². The molecule has 0 aliphatic heterocycles. The van der Waals surface area contributed by atoms with Gasteiger partial charge in [0.25, 0.3) is 0 Å². The van der Waals surface area contributed by atoms with Gasteiger partial charge in [-0.15, -0.1) is 0 Å². The van der Waals surface area contributed by atoms with Crippen molar-refractivity contribution >= 4 is 3.49 Å². The quantitative estimate of drug-likeness (QED) is 0.766. The first-order valence-corrected chi connectivity index (χ1v) is 5.39. The zero-order chi connectivity index (χ0) is 8.48. The first-order chi connectivity index (χ1) is 5.04. The normalized spacial score (nSPS) is 38.6. The van der Waals surface area contributed by atoms with Gasteiger partial charge in [-0.05, 0) is 0 Å². The summed E-state index contributed by atoms with van der Waals surface area (Å²) < 4.78 is 0.324. The minimum atomic E-state index is -0.158. The number of aliphatic hydroxyl groups is 1. The van der Waals surface area contributed by atoms with E-state index in [-0.39, 0.29) is 11.5 Å². The molecule has 0 unspecified atom stereocenters. The molecule has 1 aliphatic carbocycles. The van der Waals surface area contributed by atoms with Crippen molar-refractivity contribution in [1.82, 2.24) is 0 Å². The molecule has 0 heterocycles. The number of aliphatic hydroxyl groups excluding tert-OH is 1. The molecule has 0 amide bonds. The fourth-order valence-electron chi connectivity index (χ4n) is 1.44. The Bertz CT molecular complexity index is 159. The van der Waals surface area contributed by atoms with Crippen LogP contribution < -0.4 is 0 Å². The first kappa shape index (κ1) is 9.60. The predicted molar refractivity (Wildman–Crippen MR) is 37.6 cm³/mol. The van der Waals surface area contributed by atoms with Crippen molar-refractivity contribution in [2.75, 3.05) is 0 Å². The third-order valence-corrected chi connectivity index (χ3v) is 4.31. The fourth-order valence-corrected chi connectivity index (χ4v) is 2.17. The molecule has 3 heteroatoms. The summed E-state index contributed by atoms with van der Waals surface area (Å²) in [5.41, 5.74) is -0.115. The molecule has 0 aromatic carbocycles. The van der Waals surface area contributed by atoms with Crippen molar-refractivity contribution in [2.45, 2.75) is 38.7 Å². The fraction of sp³-hybridized carbons (Fsp3) is 0.875. The van der Waals surface area contributed by atoms with Crippen LogP contribution in [-0.4, -0.2) is 14.7 Å². The number of carbonyl (C=O) groups excluding carboxylic acids is 1. The molecule has 1 fully saturated rings.